The first kappa shape index (κ1) is 12.3. The van der Waals surface area contributed by atoms with Crippen molar-refractivity contribution in [2.75, 3.05) is 13.6 Å². The number of carbonyl (C=O) groups excluding carboxylic acids is 2. The Morgan fingerprint density at radius 1 is 1.44 bits per heavy atom. The maximum Gasteiger partial charge on any atom is 0.253 e. The predicted octanol–water partition coefficient (Wildman–Crippen LogP) is 0.521. The number of carbonyl (C=O) groups is 2. The molecule has 6 heteroatoms. The molecule has 0 aliphatic heterocycles. The molecule has 0 fully saturated rings. The highest BCUT2D eigenvalue weighted by molar-refractivity contribution is 6.33. The summed E-state index contributed by atoms with van der Waals surface area (Å²) in [6.07, 6.45) is 0. The van der Waals surface area contributed by atoms with Crippen LogP contribution in [0.25, 0.3) is 0 Å². The van der Waals surface area contributed by atoms with Crippen molar-refractivity contribution in [3.63, 3.8) is 0 Å². The molecule has 0 unspecified atom stereocenters. The van der Waals surface area contributed by atoms with E-state index in [1.54, 1.807) is 0 Å². The van der Waals surface area contributed by atoms with E-state index in [2.05, 4.69) is 10.6 Å². The van der Waals surface area contributed by atoms with Crippen LogP contribution in [0.5, 0.6) is 5.75 Å². The van der Waals surface area contributed by atoms with Crippen LogP contribution in [0.3, 0.4) is 0 Å². The molecule has 1 aromatic carbocycles. The maximum atomic E-state index is 11.6. The van der Waals surface area contributed by atoms with Gasteiger partial charge < -0.3 is 15.7 Å². The van der Waals surface area contributed by atoms with Gasteiger partial charge in [-0.3, -0.25) is 9.59 Å². The summed E-state index contributed by atoms with van der Waals surface area (Å²) in [5.41, 5.74) is 0.130. The molecule has 0 aliphatic rings. The normalized spacial score (nSPS) is 9.62. The second kappa shape index (κ2) is 5.37. The van der Waals surface area contributed by atoms with Crippen LogP contribution in [0.1, 0.15) is 10.4 Å². The molecule has 0 bridgehead atoms. The van der Waals surface area contributed by atoms with Gasteiger partial charge in [-0.1, -0.05) is 11.6 Å². The lowest BCUT2D eigenvalue weighted by atomic mass is 10.2. The summed E-state index contributed by atoms with van der Waals surface area (Å²) in [5.74, 6) is -0.886. The van der Waals surface area contributed by atoms with Crippen LogP contribution in [0.15, 0.2) is 18.2 Å². The first-order chi connectivity index (χ1) is 7.54. The van der Waals surface area contributed by atoms with Crippen molar-refractivity contribution < 1.29 is 14.7 Å². The fourth-order valence-electron chi connectivity index (χ4n) is 1.03. The Balaban J connectivity index is 2.73. The van der Waals surface area contributed by atoms with Gasteiger partial charge in [-0.2, -0.15) is 0 Å². The predicted molar refractivity (Wildman–Crippen MR) is 59.5 cm³/mol. The van der Waals surface area contributed by atoms with Gasteiger partial charge in [-0.25, -0.2) is 0 Å². The number of aromatic hydroxyl groups is 1. The molecule has 0 radical (unpaired) electrons. The Kier molecular flexibility index (Phi) is 4.13. The third-order valence-electron chi connectivity index (χ3n) is 1.88. The van der Waals surface area contributed by atoms with Gasteiger partial charge in [0, 0.05) is 7.05 Å². The number of rotatable bonds is 3. The second-order valence-corrected chi connectivity index (χ2v) is 3.43. The fourth-order valence-corrected chi connectivity index (χ4v) is 1.23. The molecule has 2 amide bonds. The zero-order valence-corrected chi connectivity index (χ0v) is 9.34. The summed E-state index contributed by atoms with van der Waals surface area (Å²) in [5, 5.41) is 14.1. The Labute approximate surface area is 97.4 Å². The molecule has 0 atom stereocenters. The van der Waals surface area contributed by atoms with Gasteiger partial charge in [0.05, 0.1) is 17.1 Å². The fraction of sp³-hybridized carbons (Fsp3) is 0.200. The number of halogens is 1. The number of likely N-dealkylation sites (N-methyl/N-ethyl adjacent to an activating group) is 1. The highest BCUT2D eigenvalue weighted by Crippen LogP contribution is 2.20. The van der Waals surface area contributed by atoms with E-state index in [9.17, 15) is 14.7 Å². The zero-order chi connectivity index (χ0) is 12.1. The van der Waals surface area contributed by atoms with Crippen molar-refractivity contribution in [3.05, 3.63) is 28.8 Å². The maximum absolute atomic E-state index is 11.6. The molecular formula is C10H11ClN2O3. The number of amides is 2. The molecule has 0 spiro atoms. The lowest BCUT2D eigenvalue weighted by Crippen LogP contribution is -2.35. The van der Waals surface area contributed by atoms with Crippen LogP contribution in [-0.2, 0) is 4.79 Å². The second-order valence-electron chi connectivity index (χ2n) is 3.02. The molecule has 16 heavy (non-hydrogen) atoms. The van der Waals surface area contributed by atoms with Gasteiger partial charge in [-0.05, 0) is 18.2 Å². The summed E-state index contributed by atoms with van der Waals surface area (Å²) in [7, 11) is 1.47. The van der Waals surface area contributed by atoms with E-state index in [-0.39, 0.29) is 28.8 Å². The van der Waals surface area contributed by atoms with Gasteiger partial charge in [0.25, 0.3) is 5.91 Å². The van der Waals surface area contributed by atoms with E-state index >= 15 is 0 Å². The van der Waals surface area contributed by atoms with Crippen molar-refractivity contribution >= 4 is 23.4 Å². The SMILES string of the molecule is CNC(=O)CNC(=O)c1cc(O)ccc1Cl. The smallest absolute Gasteiger partial charge is 0.253 e. The molecule has 1 aromatic rings. The van der Waals surface area contributed by atoms with Crippen molar-refractivity contribution in [3.8, 4) is 5.75 Å². The van der Waals surface area contributed by atoms with E-state index in [0.717, 1.165) is 0 Å². The number of phenols is 1. The molecule has 3 N–H and O–H groups in total. The minimum absolute atomic E-state index is 0.0607. The van der Waals surface area contributed by atoms with Crippen molar-refractivity contribution in [2.24, 2.45) is 0 Å². The highest BCUT2D eigenvalue weighted by atomic mass is 35.5. The van der Waals surface area contributed by atoms with Crippen LogP contribution in [-0.4, -0.2) is 30.5 Å². The van der Waals surface area contributed by atoms with Crippen LogP contribution in [0.2, 0.25) is 5.02 Å². The van der Waals surface area contributed by atoms with Gasteiger partial charge in [0.15, 0.2) is 0 Å². The molecule has 0 saturated carbocycles. The van der Waals surface area contributed by atoms with Gasteiger partial charge in [0.2, 0.25) is 5.91 Å². The number of phenolic OH excluding ortho intramolecular Hbond substituents is 1. The Morgan fingerprint density at radius 2 is 2.12 bits per heavy atom. The van der Waals surface area contributed by atoms with Crippen LogP contribution in [0.4, 0.5) is 0 Å². The van der Waals surface area contributed by atoms with E-state index in [1.165, 1.54) is 25.2 Å². The zero-order valence-electron chi connectivity index (χ0n) is 8.58. The van der Waals surface area contributed by atoms with Gasteiger partial charge in [0.1, 0.15) is 5.75 Å². The molecule has 5 nitrogen and oxygen atoms in total. The molecule has 0 aromatic heterocycles. The van der Waals surface area contributed by atoms with E-state index < -0.39 is 5.91 Å². The third kappa shape index (κ3) is 3.13. The standard InChI is InChI=1S/C10H11ClN2O3/c1-12-9(15)5-13-10(16)7-4-6(14)2-3-8(7)11/h2-4,14H,5H2,1H3,(H,12,15)(H,13,16). The van der Waals surface area contributed by atoms with Crippen LogP contribution >= 0.6 is 11.6 Å². The topological polar surface area (TPSA) is 78.4 Å². The molecule has 0 heterocycles. The average Bonchev–Trinajstić information content (AvgIpc) is 2.28. The van der Waals surface area contributed by atoms with E-state index in [0.29, 0.717) is 0 Å². The van der Waals surface area contributed by atoms with Gasteiger partial charge >= 0.3 is 0 Å². The Hall–Kier alpha value is -1.75. The number of hydrogen-bond donors (Lipinski definition) is 3. The Bertz CT molecular complexity index is 421. The molecule has 0 saturated heterocycles. The summed E-state index contributed by atoms with van der Waals surface area (Å²) < 4.78 is 0. The van der Waals surface area contributed by atoms with E-state index in [1.807, 2.05) is 0 Å². The molecule has 86 valence electrons. The summed E-state index contributed by atoms with van der Waals surface area (Å²) in [6.45, 7) is -0.138. The lowest BCUT2D eigenvalue weighted by molar-refractivity contribution is -0.119. The first-order valence-electron chi connectivity index (χ1n) is 4.52. The number of nitrogens with one attached hydrogen (secondary N) is 2. The van der Waals surface area contributed by atoms with Crippen molar-refractivity contribution in [1.29, 1.82) is 0 Å². The Morgan fingerprint density at radius 3 is 2.75 bits per heavy atom. The average molecular weight is 243 g/mol. The summed E-state index contributed by atoms with van der Waals surface area (Å²) in [6, 6.07) is 4.02. The highest BCUT2D eigenvalue weighted by Gasteiger charge is 2.11. The minimum Gasteiger partial charge on any atom is -0.508 e. The number of benzene rings is 1. The summed E-state index contributed by atoms with van der Waals surface area (Å²) in [4.78, 5) is 22.4. The quantitative estimate of drug-likeness (QED) is 0.723. The molecular weight excluding hydrogens is 232 g/mol. The monoisotopic (exact) mass is 242 g/mol. The van der Waals surface area contributed by atoms with Crippen LogP contribution < -0.4 is 10.6 Å². The van der Waals surface area contributed by atoms with Crippen molar-refractivity contribution in [1.82, 2.24) is 10.6 Å². The van der Waals surface area contributed by atoms with E-state index in [4.69, 9.17) is 11.6 Å². The molecule has 0 aliphatic carbocycles. The lowest BCUT2D eigenvalue weighted by Gasteiger charge is -2.06. The van der Waals surface area contributed by atoms with Gasteiger partial charge in [-0.15, -0.1) is 0 Å². The first-order valence-corrected chi connectivity index (χ1v) is 4.89. The summed E-state index contributed by atoms with van der Waals surface area (Å²) >= 11 is 5.77. The largest absolute Gasteiger partial charge is 0.508 e. The van der Waals surface area contributed by atoms with Crippen LogP contribution in [0, 0.1) is 0 Å². The third-order valence-corrected chi connectivity index (χ3v) is 2.21. The number of hydrogen-bond acceptors (Lipinski definition) is 3. The molecule has 1 rings (SSSR count). The minimum atomic E-state index is -0.510. The van der Waals surface area contributed by atoms with Crippen molar-refractivity contribution in [2.45, 2.75) is 0 Å².